The number of hydrogen-bond acceptors (Lipinski definition) is 4. The molecule has 31 heavy (non-hydrogen) atoms. The fourth-order valence-corrected chi connectivity index (χ4v) is 4.37. The van der Waals surface area contributed by atoms with Crippen LogP contribution >= 0.6 is 23.2 Å². The standard InChI is InChI=1S/C21H17Cl2FN2O4S/c1-30-19-10-9-15(25-21(27)12-16-17(23)3-2-4-18(16)24)11-20(19)31(28,29)26-14-7-5-13(22)6-8-14/h2-11,26H,12H2,1H3,(H,25,27). The first kappa shape index (κ1) is 22.9. The second-order valence-electron chi connectivity index (χ2n) is 6.40. The molecule has 3 aromatic rings. The van der Waals surface area contributed by atoms with Crippen molar-refractivity contribution in [2.24, 2.45) is 0 Å². The van der Waals surface area contributed by atoms with Crippen molar-refractivity contribution in [3.8, 4) is 5.75 Å². The van der Waals surface area contributed by atoms with Gasteiger partial charge in [0.05, 0.1) is 13.5 Å². The van der Waals surface area contributed by atoms with E-state index in [1.54, 1.807) is 12.1 Å². The van der Waals surface area contributed by atoms with Gasteiger partial charge in [0.15, 0.2) is 0 Å². The van der Waals surface area contributed by atoms with E-state index in [4.69, 9.17) is 27.9 Å². The van der Waals surface area contributed by atoms with E-state index in [-0.39, 0.29) is 33.3 Å². The number of sulfonamides is 1. The fourth-order valence-electron chi connectivity index (χ4n) is 2.76. The van der Waals surface area contributed by atoms with Gasteiger partial charge >= 0.3 is 0 Å². The zero-order chi connectivity index (χ0) is 22.6. The molecule has 3 rings (SSSR count). The molecular formula is C21H17Cl2FN2O4S. The lowest BCUT2D eigenvalue weighted by molar-refractivity contribution is -0.115. The predicted molar refractivity (Wildman–Crippen MR) is 119 cm³/mol. The highest BCUT2D eigenvalue weighted by Crippen LogP contribution is 2.29. The number of anilines is 2. The number of halogens is 3. The quantitative estimate of drug-likeness (QED) is 0.489. The molecule has 1 amide bonds. The molecule has 0 bridgehead atoms. The van der Waals surface area contributed by atoms with E-state index in [0.29, 0.717) is 10.7 Å². The molecule has 3 aromatic carbocycles. The number of benzene rings is 3. The second-order valence-corrected chi connectivity index (χ2v) is 8.90. The number of carbonyl (C=O) groups is 1. The molecule has 0 aliphatic heterocycles. The molecule has 6 nitrogen and oxygen atoms in total. The van der Waals surface area contributed by atoms with Crippen molar-refractivity contribution in [2.75, 3.05) is 17.1 Å². The van der Waals surface area contributed by atoms with Crippen LogP contribution in [-0.2, 0) is 21.2 Å². The Morgan fingerprint density at radius 3 is 2.35 bits per heavy atom. The Morgan fingerprint density at radius 2 is 1.71 bits per heavy atom. The second kappa shape index (κ2) is 9.55. The van der Waals surface area contributed by atoms with Crippen LogP contribution in [0.2, 0.25) is 10.0 Å². The summed E-state index contributed by atoms with van der Waals surface area (Å²) < 4.78 is 47.3. The Labute approximate surface area is 189 Å². The average Bonchev–Trinajstić information content (AvgIpc) is 2.72. The minimum Gasteiger partial charge on any atom is -0.495 e. The van der Waals surface area contributed by atoms with Crippen LogP contribution in [0.5, 0.6) is 5.75 Å². The maximum atomic E-state index is 13.9. The Balaban J connectivity index is 1.84. The summed E-state index contributed by atoms with van der Waals surface area (Å²) in [6.45, 7) is 0. The predicted octanol–water partition coefficient (Wildman–Crippen LogP) is 5.12. The van der Waals surface area contributed by atoms with Crippen molar-refractivity contribution >= 4 is 50.5 Å². The van der Waals surface area contributed by atoms with Crippen LogP contribution in [-0.4, -0.2) is 21.4 Å². The third-order valence-electron chi connectivity index (χ3n) is 4.23. The van der Waals surface area contributed by atoms with Gasteiger partial charge in [-0.15, -0.1) is 0 Å². The molecule has 0 saturated carbocycles. The summed E-state index contributed by atoms with van der Waals surface area (Å²) >= 11 is 11.8. The molecule has 0 spiro atoms. The van der Waals surface area contributed by atoms with Gasteiger partial charge in [-0.25, -0.2) is 12.8 Å². The zero-order valence-electron chi connectivity index (χ0n) is 16.2. The first-order valence-electron chi connectivity index (χ1n) is 8.89. The molecule has 0 heterocycles. The summed E-state index contributed by atoms with van der Waals surface area (Å²) in [5.41, 5.74) is 0.539. The Morgan fingerprint density at radius 1 is 1.03 bits per heavy atom. The highest BCUT2D eigenvalue weighted by molar-refractivity contribution is 7.92. The molecule has 0 unspecified atom stereocenters. The molecule has 0 atom stereocenters. The number of hydrogen-bond donors (Lipinski definition) is 2. The first-order valence-corrected chi connectivity index (χ1v) is 11.1. The highest BCUT2D eigenvalue weighted by Gasteiger charge is 2.21. The Bertz CT molecular complexity index is 1200. The monoisotopic (exact) mass is 482 g/mol. The van der Waals surface area contributed by atoms with Gasteiger partial charge in [0.1, 0.15) is 16.5 Å². The van der Waals surface area contributed by atoms with Crippen molar-refractivity contribution in [1.29, 1.82) is 0 Å². The van der Waals surface area contributed by atoms with Crippen molar-refractivity contribution in [2.45, 2.75) is 11.3 Å². The zero-order valence-corrected chi connectivity index (χ0v) is 18.5. The number of rotatable bonds is 7. The molecule has 0 aliphatic rings. The molecule has 10 heteroatoms. The Hall–Kier alpha value is -2.81. The Kier molecular flexibility index (Phi) is 7.04. The van der Waals surface area contributed by atoms with Crippen LogP contribution in [0, 0.1) is 5.82 Å². The van der Waals surface area contributed by atoms with Gasteiger partial charge in [0.2, 0.25) is 5.91 Å². The van der Waals surface area contributed by atoms with Crippen LogP contribution in [0.3, 0.4) is 0 Å². The van der Waals surface area contributed by atoms with E-state index >= 15 is 0 Å². The third-order valence-corrected chi connectivity index (χ3v) is 6.24. The number of carbonyl (C=O) groups excluding carboxylic acids is 1. The number of ether oxygens (including phenoxy) is 1. The van der Waals surface area contributed by atoms with Gasteiger partial charge in [-0.1, -0.05) is 29.3 Å². The smallest absolute Gasteiger partial charge is 0.265 e. The lowest BCUT2D eigenvalue weighted by Gasteiger charge is -2.14. The van der Waals surface area contributed by atoms with Gasteiger partial charge in [-0.3, -0.25) is 9.52 Å². The fraction of sp³-hybridized carbons (Fsp3) is 0.0952. The van der Waals surface area contributed by atoms with E-state index in [1.807, 2.05) is 0 Å². The van der Waals surface area contributed by atoms with Crippen molar-refractivity contribution < 1.29 is 22.3 Å². The summed E-state index contributed by atoms with van der Waals surface area (Å²) in [7, 11) is -2.72. The average molecular weight is 483 g/mol. The van der Waals surface area contributed by atoms with Crippen LogP contribution in [0.25, 0.3) is 0 Å². The molecule has 0 saturated heterocycles. The van der Waals surface area contributed by atoms with Crippen molar-refractivity contribution in [3.05, 3.63) is 82.1 Å². The maximum absolute atomic E-state index is 13.9. The molecule has 2 N–H and O–H groups in total. The third kappa shape index (κ3) is 5.66. The molecule has 0 radical (unpaired) electrons. The molecule has 162 valence electrons. The number of amides is 1. The van der Waals surface area contributed by atoms with E-state index < -0.39 is 21.7 Å². The van der Waals surface area contributed by atoms with Gasteiger partial charge < -0.3 is 10.1 Å². The topological polar surface area (TPSA) is 84.5 Å². The number of nitrogens with one attached hydrogen (secondary N) is 2. The molecular weight excluding hydrogens is 466 g/mol. The van der Waals surface area contributed by atoms with Gasteiger partial charge in [0, 0.05) is 27.0 Å². The summed E-state index contributed by atoms with van der Waals surface area (Å²) in [5, 5.41) is 3.13. The minimum absolute atomic E-state index is 0.0485. The van der Waals surface area contributed by atoms with Gasteiger partial charge in [-0.2, -0.15) is 0 Å². The SMILES string of the molecule is COc1ccc(NC(=O)Cc2c(F)cccc2Cl)cc1S(=O)(=O)Nc1ccc(Cl)cc1. The highest BCUT2D eigenvalue weighted by atomic mass is 35.5. The summed E-state index contributed by atoms with van der Waals surface area (Å²) in [6, 6.07) is 14.4. The summed E-state index contributed by atoms with van der Waals surface area (Å²) in [5.74, 6) is -1.09. The summed E-state index contributed by atoms with van der Waals surface area (Å²) in [6.07, 6.45) is -0.317. The first-order chi connectivity index (χ1) is 14.7. The minimum atomic E-state index is -4.05. The van der Waals surface area contributed by atoms with Gasteiger partial charge in [-0.05, 0) is 54.6 Å². The lowest BCUT2D eigenvalue weighted by atomic mass is 10.1. The van der Waals surface area contributed by atoms with Crippen LogP contribution < -0.4 is 14.8 Å². The molecule has 0 fully saturated rings. The summed E-state index contributed by atoms with van der Waals surface area (Å²) in [4.78, 5) is 12.2. The van der Waals surface area contributed by atoms with E-state index in [2.05, 4.69) is 10.0 Å². The maximum Gasteiger partial charge on any atom is 0.265 e. The normalized spacial score (nSPS) is 11.1. The van der Waals surface area contributed by atoms with Gasteiger partial charge in [0.25, 0.3) is 10.0 Å². The van der Waals surface area contributed by atoms with E-state index in [1.165, 1.54) is 55.6 Å². The van der Waals surface area contributed by atoms with E-state index in [9.17, 15) is 17.6 Å². The largest absolute Gasteiger partial charge is 0.495 e. The number of methoxy groups -OCH3 is 1. The van der Waals surface area contributed by atoms with Crippen LogP contribution in [0.15, 0.2) is 65.6 Å². The lowest BCUT2D eigenvalue weighted by Crippen LogP contribution is -2.17. The van der Waals surface area contributed by atoms with E-state index in [0.717, 1.165) is 0 Å². The van der Waals surface area contributed by atoms with Crippen LogP contribution in [0.1, 0.15) is 5.56 Å². The molecule has 0 aromatic heterocycles. The molecule has 0 aliphatic carbocycles. The van der Waals surface area contributed by atoms with Crippen LogP contribution in [0.4, 0.5) is 15.8 Å². The van der Waals surface area contributed by atoms with Crippen molar-refractivity contribution in [3.63, 3.8) is 0 Å². The van der Waals surface area contributed by atoms with Crippen molar-refractivity contribution in [1.82, 2.24) is 0 Å².